The van der Waals surface area contributed by atoms with Gasteiger partial charge >= 0.3 is 0 Å². The van der Waals surface area contributed by atoms with Gasteiger partial charge in [-0.1, -0.05) is 17.7 Å². The second kappa shape index (κ2) is 6.58. The van der Waals surface area contributed by atoms with Gasteiger partial charge in [-0.15, -0.1) is 0 Å². The molecule has 0 heterocycles. The van der Waals surface area contributed by atoms with Crippen molar-refractivity contribution >= 4 is 17.3 Å². The van der Waals surface area contributed by atoms with Gasteiger partial charge in [0.05, 0.1) is 10.7 Å². The number of hydrogen-bond acceptors (Lipinski definition) is 2. The molecule has 21 heavy (non-hydrogen) atoms. The van der Waals surface area contributed by atoms with Gasteiger partial charge in [-0.05, 0) is 71.1 Å². The van der Waals surface area contributed by atoms with Crippen molar-refractivity contribution in [3.05, 3.63) is 28.8 Å². The molecule has 0 aliphatic heterocycles. The predicted octanol–water partition coefficient (Wildman–Crippen LogP) is 4.85. The number of halogens is 1. The van der Waals surface area contributed by atoms with E-state index in [2.05, 4.69) is 63.0 Å². The molecule has 1 fully saturated rings. The summed E-state index contributed by atoms with van der Waals surface area (Å²) in [5, 5.41) is 4.38. The third-order valence-electron chi connectivity index (χ3n) is 3.92. The van der Waals surface area contributed by atoms with Crippen LogP contribution in [0.4, 0.5) is 5.69 Å². The molecule has 1 saturated carbocycles. The van der Waals surface area contributed by atoms with Crippen LogP contribution in [0.25, 0.3) is 0 Å². The SMILES string of the molecule is CC(C)N(CC1CC1)c1ccc(CNC(C)(C)C)cc1Cl. The summed E-state index contributed by atoms with van der Waals surface area (Å²) < 4.78 is 0. The van der Waals surface area contributed by atoms with Crippen molar-refractivity contribution in [2.75, 3.05) is 11.4 Å². The maximum absolute atomic E-state index is 6.55. The Hall–Kier alpha value is -0.730. The van der Waals surface area contributed by atoms with Crippen LogP contribution in [-0.2, 0) is 6.54 Å². The standard InChI is InChI=1S/C18H29ClN2/c1-13(2)21(12-14-6-7-14)17-9-8-15(10-16(17)19)11-20-18(3,4)5/h8-10,13-14,20H,6-7,11-12H2,1-5H3. The molecule has 1 aromatic carbocycles. The number of anilines is 1. The van der Waals surface area contributed by atoms with Gasteiger partial charge in [-0.2, -0.15) is 0 Å². The fraction of sp³-hybridized carbons (Fsp3) is 0.667. The van der Waals surface area contributed by atoms with E-state index in [9.17, 15) is 0 Å². The van der Waals surface area contributed by atoms with Crippen LogP contribution in [0.15, 0.2) is 18.2 Å². The summed E-state index contributed by atoms with van der Waals surface area (Å²) in [6.07, 6.45) is 2.74. The molecule has 0 aromatic heterocycles. The van der Waals surface area contributed by atoms with Gasteiger partial charge in [-0.25, -0.2) is 0 Å². The molecular formula is C18H29ClN2. The average Bonchev–Trinajstić information content (AvgIpc) is 3.17. The Bertz CT molecular complexity index is 473. The summed E-state index contributed by atoms with van der Waals surface area (Å²) in [6, 6.07) is 6.98. The zero-order valence-electron chi connectivity index (χ0n) is 14.0. The first kappa shape index (κ1) is 16.6. The minimum absolute atomic E-state index is 0.126. The molecular weight excluding hydrogens is 280 g/mol. The molecule has 0 spiro atoms. The maximum atomic E-state index is 6.55. The van der Waals surface area contributed by atoms with Gasteiger partial charge in [-0.3, -0.25) is 0 Å². The molecule has 2 rings (SSSR count). The Labute approximate surface area is 134 Å². The van der Waals surface area contributed by atoms with Gasteiger partial charge in [0.25, 0.3) is 0 Å². The van der Waals surface area contributed by atoms with Crippen LogP contribution >= 0.6 is 11.6 Å². The molecule has 0 saturated heterocycles. The normalized spacial score (nSPS) is 15.6. The fourth-order valence-corrected chi connectivity index (χ4v) is 2.74. The smallest absolute Gasteiger partial charge is 0.0642 e. The van der Waals surface area contributed by atoms with Crippen molar-refractivity contribution in [2.24, 2.45) is 5.92 Å². The number of nitrogens with zero attached hydrogens (tertiary/aromatic N) is 1. The Morgan fingerprint density at radius 2 is 1.95 bits per heavy atom. The van der Waals surface area contributed by atoms with Gasteiger partial charge in [0, 0.05) is 24.7 Å². The first-order valence-electron chi connectivity index (χ1n) is 8.06. The van der Waals surface area contributed by atoms with Crippen LogP contribution in [0.3, 0.4) is 0 Å². The van der Waals surface area contributed by atoms with Crippen molar-refractivity contribution in [2.45, 2.75) is 65.6 Å². The van der Waals surface area contributed by atoms with Crippen LogP contribution in [0.2, 0.25) is 5.02 Å². The Morgan fingerprint density at radius 3 is 2.43 bits per heavy atom. The van der Waals surface area contributed by atoms with Crippen LogP contribution in [0, 0.1) is 5.92 Å². The van der Waals surface area contributed by atoms with E-state index < -0.39 is 0 Å². The molecule has 0 atom stereocenters. The lowest BCUT2D eigenvalue weighted by Gasteiger charge is -2.30. The van der Waals surface area contributed by atoms with Crippen molar-refractivity contribution < 1.29 is 0 Å². The molecule has 1 N–H and O–H groups in total. The Kier molecular flexibility index (Phi) is 5.21. The Morgan fingerprint density at radius 1 is 1.29 bits per heavy atom. The first-order valence-corrected chi connectivity index (χ1v) is 8.44. The summed E-state index contributed by atoms with van der Waals surface area (Å²) in [7, 11) is 0. The third kappa shape index (κ3) is 5.19. The molecule has 0 unspecified atom stereocenters. The summed E-state index contributed by atoms with van der Waals surface area (Å²) in [4.78, 5) is 2.45. The minimum Gasteiger partial charge on any atom is -0.368 e. The Balaban J connectivity index is 2.09. The molecule has 0 radical (unpaired) electrons. The topological polar surface area (TPSA) is 15.3 Å². The maximum Gasteiger partial charge on any atom is 0.0642 e. The van der Waals surface area contributed by atoms with Crippen LogP contribution in [0.1, 0.15) is 53.0 Å². The van der Waals surface area contributed by atoms with Gasteiger partial charge in [0.15, 0.2) is 0 Å². The van der Waals surface area contributed by atoms with Gasteiger partial charge < -0.3 is 10.2 Å². The van der Waals surface area contributed by atoms with Crippen molar-refractivity contribution in [1.82, 2.24) is 5.32 Å². The number of nitrogens with one attached hydrogen (secondary N) is 1. The third-order valence-corrected chi connectivity index (χ3v) is 4.22. The fourth-order valence-electron chi connectivity index (χ4n) is 2.43. The summed E-state index contributed by atoms with van der Waals surface area (Å²) >= 11 is 6.55. The summed E-state index contributed by atoms with van der Waals surface area (Å²) in [5.41, 5.74) is 2.55. The van der Waals surface area contributed by atoms with E-state index in [1.54, 1.807) is 0 Å². The van der Waals surface area contributed by atoms with Gasteiger partial charge in [0.2, 0.25) is 0 Å². The van der Waals surface area contributed by atoms with E-state index in [0.29, 0.717) is 6.04 Å². The highest BCUT2D eigenvalue weighted by atomic mass is 35.5. The zero-order valence-corrected chi connectivity index (χ0v) is 14.8. The molecule has 1 aliphatic carbocycles. The lowest BCUT2D eigenvalue weighted by atomic mass is 10.1. The first-order chi connectivity index (χ1) is 9.76. The van der Waals surface area contributed by atoms with E-state index in [4.69, 9.17) is 11.6 Å². The number of hydrogen-bond donors (Lipinski definition) is 1. The summed E-state index contributed by atoms with van der Waals surface area (Å²) in [6.45, 7) is 13.0. The van der Waals surface area contributed by atoms with E-state index in [-0.39, 0.29) is 5.54 Å². The van der Waals surface area contributed by atoms with Gasteiger partial charge in [0.1, 0.15) is 0 Å². The van der Waals surface area contributed by atoms with Crippen LogP contribution in [-0.4, -0.2) is 18.1 Å². The molecule has 1 aliphatic rings. The molecule has 0 bridgehead atoms. The van der Waals surface area contributed by atoms with E-state index in [0.717, 1.165) is 24.0 Å². The molecule has 0 amide bonds. The second-order valence-corrected chi connectivity index (χ2v) is 7.99. The molecule has 3 heteroatoms. The average molecular weight is 309 g/mol. The highest BCUT2D eigenvalue weighted by Crippen LogP contribution is 2.35. The van der Waals surface area contributed by atoms with Crippen molar-refractivity contribution in [3.63, 3.8) is 0 Å². The minimum atomic E-state index is 0.126. The largest absolute Gasteiger partial charge is 0.368 e. The highest BCUT2D eigenvalue weighted by Gasteiger charge is 2.26. The quantitative estimate of drug-likeness (QED) is 0.808. The highest BCUT2D eigenvalue weighted by molar-refractivity contribution is 6.33. The predicted molar refractivity (Wildman–Crippen MR) is 93.3 cm³/mol. The van der Waals surface area contributed by atoms with E-state index >= 15 is 0 Å². The zero-order chi connectivity index (χ0) is 15.6. The molecule has 2 nitrogen and oxygen atoms in total. The number of rotatable bonds is 6. The van der Waals surface area contributed by atoms with Crippen molar-refractivity contribution in [3.8, 4) is 0 Å². The van der Waals surface area contributed by atoms with Crippen molar-refractivity contribution in [1.29, 1.82) is 0 Å². The van der Waals surface area contributed by atoms with E-state index in [1.165, 1.54) is 24.1 Å². The lowest BCUT2D eigenvalue weighted by molar-refractivity contribution is 0.424. The van der Waals surface area contributed by atoms with Crippen LogP contribution in [0.5, 0.6) is 0 Å². The lowest BCUT2D eigenvalue weighted by Crippen LogP contribution is -2.35. The number of benzene rings is 1. The molecule has 1 aromatic rings. The molecule has 118 valence electrons. The van der Waals surface area contributed by atoms with Crippen LogP contribution < -0.4 is 10.2 Å². The van der Waals surface area contributed by atoms with E-state index in [1.807, 2.05) is 0 Å². The summed E-state index contributed by atoms with van der Waals surface area (Å²) in [5.74, 6) is 0.866. The monoisotopic (exact) mass is 308 g/mol. The second-order valence-electron chi connectivity index (χ2n) is 7.58.